The van der Waals surface area contributed by atoms with Gasteiger partial charge >= 0.3 is 0 Å². The Kier molecular flexibility index (Phi) is 5.30. The molecule has 11 nitrogen and oxygen atoms in total. The number of hydrogen-bond acceptors (Lipinski definition) is 8. The van der Waals surface area contributed by atoms with Crippen LogP contribution in [0, 0.1) is 10.1 Å². The number of aromatic nitrogens is 1. The quantitative estimate of drug-likeness (QED) is 0.364. The highest BCUT2D eigenvalue weighted by Crippen LogP contribution is 2.39. The number of rotatable bonds is 6. The predicted octanol–water partition coefficient (Wildman–Crippen LogP) is 3.73. The number of ether oxygens (including phenoxy) is 3. The second-order valence-corrected chi connectivity index (χ2v) is 5.73. The molecule has 29 heavy (non-hydrogen) atoms. The molecule has 11 heteroatoms. The normalized spacial score (nSPS) is 11.0. The van der Waals surface area contributed by atoms with Gasteiger partial charge in [0.25, 0.3) is 11.6 Å². The van der Waals surface area contributed by atoms with Crippen molar-refractivity contribution in [3.05, 3.63) is 46.0 Å². The molecular formula is C18H16N4O7. The van der Waals surface area contributed by atoms with E-state index in [1.54, 1.807) is 0 Å². The van der Waals surface area contributed by atoms with Gasteiger partial charge in [0.1, 0.15) is 0 Å². The second kappa shape index (κ2) is 7.84. The molecule has 1 heterocycles. The SMILES string of the molecule is COc1cc(C(=O)N=Nc2c(O)[nH]c3ccc([N+](=O)[O-])cc23)cc(OC)c1OC. The van der Waals surface area contributed by atoms with Gasteiger partial charge in [0.2, 0.25) is 11.6 Å². The fourth-order valence-electron chi connectivity index (χ4n) is 2.72. The molecule has 2 N–H and O–H groups in total. The van der Waals surface area contributed by atoms with Gasteiger partial charge in [-0.05, 0) is 18.2 Å². The highest BCUT2D eigenvalue weighted by Gasteiger charge is 2.18. The molecule has 3 aromatic rings. The van der Waals surface area contributed by atoms with Crippen LogP contribution in [0.5, 0.6) is 23.1 Å². The Bertz CT molecular complexity index is 1110. The first-order valence-electron chi connectivity index (χ1n) is 8.14. The molecule has 0 radical (unpaired) electrons. The topological polar surface area (TPSA) is 149 Å². The number of H-pyrrole nitrogens is 1. The van der Waals surface area contributed by atoms with E-state index in [0.29, 0.717) is 11.3 Å². The number of fused-ring (bicyclic) bond motifs is 1. The zero-order valence-electron chi connectivity index (χ0n) is 15.6. The molecule has 0 spiro atoms. The Morgan fingerprint density at radius 2 is 1.76 bits per heavy atom. The van der Waals surface area contributed by atoms with E-state index < -0.39 is 10.8 Å². The first-order chi connectivity index (χ1) is 13.9. The van der Waals surface area contributed by atoms with Crippen LogP contribution in [0.3, 0.4) is 0 Å². The molecule has 0 fully saturated rings. The highest BCUT2D eigenvalue weighted by atomic mass is 16.6. The van der Waals surface area contributed by atoms with E-state index in [9.17, 15) is 20.0 Å². The average molecular weight is 400 g/mol. The summed E-state index contributed by atoms with van der Waals surface area (Å²) in [6.45, 7) is 0. The number of azo groups is 1. The van der Waals surface area contributed by atoms with E-state index in [1.165, 1.54) is 51.7 Å². The molecule has 1 amide bonds. The van der Waals surface area contributed by atoms with E-state index in [-0.39, 0.29) is 39.7 Å². The summed E-state index contributed by atoms with van der Waals surface area (Å²) in [6, 6.07) is 6.74. The molecule has 0 aliphatic heterocycles. The van der Waals surface area contributed by atoms with Gasteiger partial charge in [0.05, 0.1) is 37.3 Å². The monoisotopic (exact) mass is 400 g/mol. The van der Waals surface area contributed by atoms with Crippen LogP contribution < -0.4 is 14.2 Å². The van der Waals surface area contributed by atoms with Crippen molar-refractivity contribution >= 4 is 28.2 Å². The first kappa shape index (κ1) is 19.6. The third-order valence-corrected chi connectivity index (χ3v) is 4.10. The van der Waals surface area contributed by atoms with Crippen molar-refractivity contribution in [2.24, 2.45) is 10.2 Å². The van der Waals surface area contributed by atoms with Crippen LogP contribution in [-0.4, -0.2) is 42.3 Å². The van der Waals surface area contributed by atoms with Gasteiger partial charge in [0.15, 0.2) is 17.2 Å². The predicted molar refractivity (Wildman–Crippen MR) is 102 cm³/mol. The number of nitrogens with zero attached hydrogens (tertiary/aromatic N) is 3. The van der Waals surface area contributed by atoms with Crippen molar-refractivity contribution in [3.8, 4) is 23.1 Å². The third-order valence-electron chi connectivity index (χ3n) is 4.10. The summed E-state index contributed by atoms with van der Waals surface area (Å²) in [6.07, 6.45) is 0. The van der Waals surface area contributed by atoms with Crippen molar-refractivity contribution < 1.29 is 29.0 Å². The number of aromatic amines is 1. The lowest BCUT2D eigenvalue weighted by molar-refractivity contribution is -0.384. The lowest BCUT2D eigenvalue weighted by Gasteiger charge is -2.12. The molecular weight excluding hydrogens is 384 g/mol. The van der Waals surface area contributed by atoms with Gasteiger partial charge in [-0.2, -0.15) is 0 Å². The van der Waals surface area contributed by atoms with Gasteiger partial charge in [-0.15, -0.1) is 10.2 Å². The molecule has 0 unspecified atom stereocenters. The molecule has 1 aromatic heterocycles. The average Bonchev–Trinajstić information content (AvgIpc) is 3.04. The molecule has 0 saturated heterocycles. The third kappa shape index (κ3) is 3.65. The number of nitro groups is 1. The smallest absolute Gasteiger partial charge is 0.295 e. The minimum atomic E-state index is -0.747. The van der Waals surface area contributed by atoms with Crippen LogP contribution in [0.1, 0.15) is 10.4 Å². The number of methoxy groups -OCH3 is 3. The summed E-state index contributed by atoms with van der Waals surface area (Å²) < 4.78 is 15.6. The second-order valence-electron chi connectivity index (χ2n) is 5.73. The van der Waals surface area contributed by atoms with Crippen molar-refractivity contribution in [2.75, 3.05) is 21.3 Å². The highest BCUT2D eigenvalue weighted by molar-refractivity contribution is 5.98. The summed E-state index contributed by atoms with van der Waals surface area (Å²) >= 11 is 0. The minimum Gasteiger partial charge on any atom is -0.493 e. The van der Waals surface area contributed by atoms with E-state index in [0.717, 1.165) is 0 Å². The Balaban J connectivity index is 2.00. The molecule has 0 aliphatic carbocycles. The van der Waals surface area contributed by atoms with Gasteiger partial charge < -0.3 is 24.3 Å². The van der Waals surface area contributed by atoms with Crippen LogP contribution in [0.4, 0.5) is 11.4 Å². The number of carbonyl (C=O) groups excluding carboxylic acids is 1. The molecule has 0 bridgehead atoms. The Labute approximate surface area is 163 Å². The van der Waals surface area contributed by atoms with E-state index in [1.807, 2.05) is 0 Å². The van der Waals surface area contributed by atoms with Crippen molar-refractivity contribution in [1.29, 1.82) is 0 Å². The van der Waals surface area contributed by atoms with Crippen LogP contribution in [0.2, 0.25) is 0 Å². The standard InChI is InChI=1S/C18H16N4O7/c1-27-13-6-9(7-14(28-2)16(13)29-3)17(23)21-20-15-11-8-10(22(25)26)4-5-12(11)19-18(15)24/h4-8,19,24H,1-3H3. The summed E-state index contributed by atoms with van der Waals surface area (Å²) in [7, 11) is 4.24. The zero-order chi connectivity index (χ0) is 21.1. The lowest BCUT2D eigenvalue weighted by Crippen LogP contribution is -2.00. The maximum atomic E-state index is 12.5. The van der Waals surface area contributed by atoms with Gasteiger partial charge in [-0.3, -0.25) is 14.9 Å². The maximum Gasteiger partial charge on any atom is 0.295 e. The molecule has 0 atom stereocenters. The number of aromatic hydroxyl groups is 1. The molecule has 0 aliphatic rings. The van der Waals surface area contributed by atoms with Gasteiger partial charge in [-0.25, -0.2) is 0 Å². The molecule has 0 saturated carbocycles. The number of amides is 1. The molecule has 3 rings (SSSR count). The summed E-state index contributed by atoms with van der Waals surface area (Å²) in [5.74, 6) is -0.289. The van der Waals surface area contributed by atoms with Crippen LogP contribution in [0.25, 0.3) is 10.9 Å². The number of nitrogens with one attached hydrogen (secondary N) is 1. The van der Waals surface area contributed by atoms with Crippen LogP contribution in [-0.2, 0) is 0 Å². The fourth-order valence-corrected chi connectivity index (χ4v) is 2.72. The van der Waals surface area contributed by atoms with Gasteiger partial charge in [0, 0.05) is 17.5 Å². The first-order valence-corrected chi connectivity index (χ1v) is 8.14. The van der Waals surface area contributed by atoms with Crippen molar-refractivity contribution in [3.63, 3.8) is 0 Å². The van der Waals surface area contributed by atoms with Crippen LogP contribution >= 0.6 is 0 Å². The number of carbonyl (C=O) groups is 1. The number of benzene rings is 2. The maximum absolute atomic E-state index is 12.5. The minimum absolute atomic E-state index is 0.0931. The number of nitro benzene ring substituents is 1. The van der Waals surface area contributed by atoms with E-state index in [4.69, 9.17) is 14.2 Å². The lowest BCUT2D eigenvalue weighted by atomic mass is 10.1. The van der Waals surface area contributed by atoms with Crippen molar-refractivity contribution in [2.45, 2.75) is 0 Å². The Morgan fingerprint density at radius 1 is 1.10 bits per heavy atom. The summed E-state index contributed by atoms with van der Waals surface area (Å²) in [4.78, 5) is 25.5. The summed E-state index contributed by atoms with van der Waals surface area (Å²) in [5, 5.41) is 28.7. The molecule has 150 valence electrons. The van der Waals surface area contributed by atoms with E-state index in [2.05, 4.69) is 15.2 Å². The fraction of sp³-hybridized carbons (Fsp3) is 0.167. The largest absolute Gasteiger partial charge is 0.493 e. The zero-order valence-corrected chi connectivity index (χ0v) is 15.6. The van der Waals surface area contributed by atoms with Crippen molar-refractivity contribution in [1.82, 2.24) is 4.98 Å². The van der Waals surface area contributed by atoms with E-state index >= 15 is 0 Å². The Hall–Kier alpha value is -4.15. The summed E-state index contributed by atoms with van der Waals surface area (Å²) in [5.41, 5.74) is 0.226. The Morgan fingerprint density at radius 3 is 2.31 bits per heavy atom. The number of non-ortho nitro benzene ring substituents is 1. The molecule has 2 aromatic carbocycles. The number of hydrogen-bond donors (Lipinski definition) is 2. The van der Waals surface area contributed by atoms with Crippen LogP contribution in [0.15, 0.2) is 40.6 Å². The van der Waals surface area contributed by atoms with Gasteiger partial charge in [-0.1, -0.05) is 0 Å².